The zero-order valence-electron chi connectivity index (χ0n) is 12.4. The van der Waals surface area contributed by atoms with E-state index in [4.69, 9.17) is 5.26 Å². The number of amides is 1. The van der Waals surface area contributed by atoms with E-state index >= 15 is 0 Å². The minimum atomic E-state index is -0.595. The lowest BCUT2D eigenvalue weighted by atomic mass is 10.00. The molecule has 1 aromatic carbocycles. The Labute approximate surface area is 122 Å². The van der Waals surface area contributed by atoms with Crippen LogP contribution in [0.25, 0.3) is 0 Å². The van der Waals surface area contributed by atoms with Crippen molar-refractivity contribution in [2.75, 3.05) is 6.54 Å². The minimum absolute atomic E-state index is 0.152. The number of hydrogen-bond donors (Lipinski definition) is 1. The fourth-order valence-corrected chi connectivity index (χ4v) is 2.06. The van der Waals surface area contributed by atoms with Crippen LogP contribution >= 0.6 is 0 Å². The monoisotopic (exact) mass is 272 g/mol. The van der Waals surface area contributed by atoms with Crippen LogP contribution in [0.3, 0.4) is 0 Å². The van der Waals surface area contributed by atoms with Gasteiger partial charge in [0.2, 0.25) is 5.91 Å². The lowest BCUT2D eigenvalue weighted by Gasteiger charge is -2.10. The lowest BCUT2D eigenvalue weighted by Crippen LogP contribution is -2.31. The topological polar surface area (TPSA) is 52.9 Å². The quantitative estimate of drug-likeness (QED) is 0.738. The number of benzene rings is 1. The zero-order valence-corrected chi connectivity index (χ0v) is 12.4. The van der Waals surface area contributed by atoms with Gasteiger partial charge in [0.05, 0.1) is 6.07 Å². The van der Waals surface area contributed by atoms with Crippen molar-refractivity contribution in [1.82, 2.24) is 5.32 Å². The van der Waals surface area contributed by atoms with Crippen LogP contribution in [0.4, 0.5) is 0 Å². The summed E-state index contributed by atoms with van der Waals surface area (Å²) >= 11 is 0. The molecule has 0 fully saturated rings. The number of carbonyl (C=O) groups excluding carboxylic acids is 1. The largest absolute Gasteiger partial charge is 0.355 e. The van der Waals surface area contributed by atoms with Crippen LogP contribution in [0.2, 0.25) is 0 Å². The maximum absolute atomic E-state index is 11.9. The molecule has 1 rings (SSSR count). The molecule has 0 aliphatic heterocycles. The highest BCUT2D eigenvalue weighted by Crippen LogP contribution is 2.09. The first-order valence-electron chi connectivity index (χ1n) is 7.34. The van der Waals surface area contributed by atoms with Crippen molar-refractivity contribution >= 4 is 5.91 Å². The summed E-state index contributed by atoms with van der Waals surface area (Å²) in [5, 5.41) is 12.0. The standard InChI is InChI=1S/C17H24N2O/c1-14(2)8-6-7-11-19-17(20)16(13-18)12-15-9-4-3-5-10-15/h3-5,9-10,14,16H,6-8,11-12H2,1-2H3,(H,19,20). The fourth-order valence-electron chi connectivity index (χ4n) is 2.06. The maximum Gasteiger partial charge on any atom is 0.237 e. The van der Waals surface area contributed by atoms with Crippen molar-refractivity contribution in [2.24, 2.45) is 11.8 Å². The molecule has 1 amide bonds. The molecule has 3 nitrogen and oxygen atoms in total. The second kappa shape index (κ2) is 9.14. The van der Waals surface area contributed by atoms with Gasteiger partial charge in [0.1, 0.15) is 5.92 Å². The van der Waals surface area contributed by atoms with Gasteiger partial charge in [0, 0.05) is 6.54 Å². The molecule has 0 radical (unpaired) electrons. The molecular formula is C17H24N2O. The van der Waals surface area contributed by atoms with Gasteiger partial charge in [-0.2, -0.15) is 5.26 Å². The lowest BCUT2D eigenvalue weighted by molar-refractivity contribution is -0.123. The summed E-state index contributed by atoms with van der Waals surface area (Å²) < 4.78 is 0. The van der Waals surface area contributed by atoms with Gasteiger partial charge in [-0.05, 0) is 24.3 Å². The van der Waals surface area contributed by atoms with Gasteiger partial charge in [-0.15, -0.1) is 0 Å². The third kappa shape index (κ3) is 6.38. The molecule has 3 heteroatoms. The number of carbonyl (C=O) groups is 1. The summed E-state index contributed by atoms with van der Waals surface area (Å²) in [6.45, 7) is 5.06. The van der Waals surface area contributed by atoms with Crippen LogP contribution in [0.15, 0.2) is 30.3 Å². The average Bonchev–Trinajstić information content (AvgIpc) is 2.45. The molecule has 108 valence electrons. The number of rotatable bonds is 8. The highest BCUT2D eigenvalue weighted by Gasteiger charge is 2.17. The van der Waals surface area contributed by atoms with Crippen molar-refractivity contribution in [1.29, 1.82) is 5.26 Å². The predicted molar refractivity (Wildman–Crippen MR) is 80.9 cm³/mol. The van der Waals surface area contributed by atoms with E-state index in [0.29, 0.717) is 18.9 Å². The molecule has 0 bridgehead atoms. The molecule has 1 unspecified atom stereocenters. The third-order valence-electron chi connectivity index (χ3n) is 3.26. The van der Waals surface area contributed by atoms with Crippen LogP contribution in [-0.2, 0) is 11.2 Å². The van der Waals surface area contributed by atoms with E-state index in [1.165, 1.54) is 6.42 Å². The van der Waals surface area contributed by atoms with Crippen molar-refractivity contribution < 1.29 is 4.79 Å². The van der Waals surface area contributed by atoms with Crippen LogP contribution in [0, 0.1) is 23.2 Å². The molecule has 20 heavy (non-hydrogen) atoms. The zero-order chi connectivity index (χ0) is 14.8. The van der Waals surface area contributed by atoms with Crippen LogP contribution in [0.5, 0.6) is 0 Å². The molecule has 1 aromatic rings. The summed E-state index contributed by atoms with van der Waals surface area (Å²) in [6, 6.07) is 11.8. The van der Waals surface area contributed by atoms with E-state index in [1.807, 2.05) is 30.3 Å². The Balaban J connectivity index is 2.31. The van der Waals surface area contributed by atoms with Gasteiger partial charge in [0.15, 0.2) is 0 Å². The molecule has 1 N–H and O–H groups in total. The molecule has 0 aliphatic rings. The minimum Gasteiger partial charge on any atom is -0.355 e. The Bertz CT molecular complexity index is 434. The Hall–Kier alpha value is -1.82. The number of nitrogens with one attached hydrogen (secondary N) is 1. The van der Waals surface area contributed by atoms with Gasteiger partial charge < -0.3 is 5.32 Å². The van der Waals surface area contributed by atoms with Gasteiger partial charge in [-0.25, -0.2) is 0 Å². The molecule has 0 aliphatic carbocycles. The third-order valence-corrected chi connectivity index (χ3v) is 3.26. The molecule has 0 aromatic heterocycles. The Kier molecular flexibility index (Phi) is 7.42. The molecular weight excluding hydrogens is 248 g/mol. The summed E-state index contributed by atoms with van der Waals surface area (Å²) in [6.07, 6.45) is 3.76. The van der Waals surface area contributed by atoms with Crippen molar-refractivity contribution in [3.63, 3.8) is 0 Å². The summed E-state index contributed by atoms with van der Waals surface area (Å²) in [5.41, 5.74) is 1.02. The fraction of sp³-hybridized carbons (Fsp3) is 0.529. The van der Waals surface area contributed by atoms with Crippen LogP contribution < -0.4 is 5.32 Å². The molecule has 0 spiro atoms. The second-order valence-corrected chi connectivity index (χ2v) is 5.55. The predicted octanol–water partition coefficient (Wildman–Crippen LogP) is 3.31. The number of nitriles is 1. The van der Waals surface area contributed by atoms with E-state index in [1.54, 1.807) is 0 Å². The number of unbranched alkanes of at least 4 members (excludes halogenated alkanes) is 1. The first kappa shape index (κ1) is 16.2. The highest BCUT2D eigenvalue weighted by atomic mass is 16.1. The molecule has 1 atom stereocenters. The van der Waals surface area contributed by atoms with Crippen LogP contribution in [-0.4, -0.2) is 12.5 Å². The summed E-state index contributed by atoms with van der Waals surface area (Å²) in [7, 11) is 0. The van der Waals surface area contributed by atoms with Gasteiger partial charge in [-0.1, -0.05) is 57.0 Å². The van der Waals surface area contributed by atoms with Crippen molar-refractivity contribution in [3.05, 3.63) is 35.9 Å². The van der Waals surface area contributed by atoms with Crippen molar-refractivity contribution in [2.45, 2.75) is 39.5 Å². The number of nitrogens with zero attached hydrogens (tertiary/aromatic N) is 1. The van der Waals surface area contributed by atoms with E-state index in [0.717, 1.165) is 18.4 Å². The summed E-state index contributed by atoms with van der Waals surface area (Å²) in [5.74, 6) is -0.0426. The summed E-state index contributed by atoms with van der Waals surface area (Å²) in [4.78, 5) is 11.9. The molecule has 0 saturated heterocycles. The Morgan fingerprint density at radius 3 is 2.55 bits per heavy atom. The SMILES string of the molecule is CC(C)CCCCNC(=O)C(C#N)Cc1ccccc1. The Morgan fingerprint density at radius 1 is 1.25 bits per heavy atom. The maximum atomic E-state index is 11.9. The Morgan fingerprint density at radius 2 is 1.95 bits per heavy atom. The first-order valence-corrected chi connectivity index (χ1v) is 7.34. The van der Waals surface area contributed by atoms with E-state index in [9.17, 15) is 4.79 Å². The van der Waals surface area contributed by atoms with E-state index in [-0.39, 0.29) is 5.91 Å². The second-order valence-electron chi connectivity index (χ2n) is 5.55. The van der Waals surface area contributed by atoms with Gasteiger partial charge >= 0.3 is 0 Å². The van der Waals surface area contributed by atoms with Gasteiger partial charge in [0.25, 0.3) is 0 Å². The van der Waals surface area contributed by atoms with Gasteiger partial charge in [-0.3, -0.25) is 4.79 Å². The van der Waals surface area contributed by atoms with E-state index in [2.05, 4.69) is 25.2 Å². The smallest absolute Gasteiger partial charge is 0.237 e. The molecule has 0 saturated carbocycles. The van der Waals surface area contributed by atoms with Crippen LogP contribution in [0.1, 0.15) is 38.7 Å². The molecule has 0 heterocycles. The highest BCUT2D eigenvalue weighted by molar-refractivity contribution is 5.81. The van der Waals surface area contributed by atoms with E-state index < -0.39 is 5.92 Å². The number of hydrogen-bond acceptors (Lipinski definition) is 2. The first-order chi connectivity index (χ1) is 9.63. The van der Waals surface area contributed by atoms with Crippen molar-refractivity contribution in [3.8, 4) is 6.07 Å². The average molecular weight is 272 g/mol. The normalized spacial score (nSPS) is 11.9.